The summed E-state index contributed by atoms with van der Waals surface area (Å²) in [5.74, 6) is -0.204. The molecule has 25 heavy (non-hydrogen) atoms. The van der Waals surface area contributed by atoms with Gasteiger partial charge in [0, 0.05) is 32.2 Å². The van der Waals surface area contributed by atoms with Crippen LogP contribution < -0.4 is 4.72 Å². The fraction of sp³-hybridized carbons (Fsp3) is 0.588. The second kappa shape index (κ2) is 7.61. The first-order valence-corrected chi connectivity index (χ1v) is 10.5. The van der Waals surface area contributed by atoms with E-state index in [9.17, 15) is 13.2 Å². The van der Waals surface area contributed by atoms with Crippen LogP contribution in [0.5, 0.6) is 0 Å². The number of carbonyl (C=O) groups is 1. The first-order chi connectivity index (χ1) is 11.9. The van der Waals surface area contributed by atoms with Gasteiger partial charge in [-0.05, 0) is 38.1 Å². The number of rotatable bonds is 4. The predicted molar refractivity (Wildman–Crippen MR) is 97.4 cm³/mol. The average molecular weight is 386 g/mol. The molecule has 0 unspecified atom stereocenters. The van der Waals surface area contributed by atoms with Crippen molar-refractivity contribution in [2.45, 2.75) is 36.6 Å². The molecule has 1 N–H and O–H groups in total. The van der Waals surface area contributed by atoms with E-state index < -0.39 is 10.0 Å². The highest BCUT2D eigenvalue weighted by molar-refractivity contribution is 7.89. The lowest BCUT2D eigenvalue weighted by atomic mass is 10.1. The van der Waals surface area contributed by atoms with Gasteiger partial charge in [-0.1, -0.05) is 24.4 Å². The molecule has 6 nitrogen and oxygen atoms in total. The Labute approximate surface area is 154 Å². The van der Waals surface area contributed by atoms with Gasteiger partial charge in [0.1, 0.15) is 0 Å². The Bertz CT molecular complexity index is 740. The second-order valence-electron chi connectivity index (χ2n) is 6.62. The van der Waals surface area contributed by atoms with Crippen LogP contribution in [0.4, 0.5) is 0 Å². The van der Waals surface area contributed by atoms with Gasteiger partial charge in [-0.2, -0.15) is 0 Å². The molecule has 8 heteroatoms. The zero-order valence-corrected chi connectivity index (χ0v) is 15.9. The van der Waals surface area contributed by atoms with E-state index in [1.165, 1.54) is 50.9 Å². The molecule has 1 aliphatic heterocycles. The number of nitrogens with one attached hydrogen (secondary N) is 1. The number of halogens is 1. The Morgan fingerprint density at radius 2 is 1.80 bits per heavy atom. The minimum absolute atomic E-state index is 0.0485. The number of amides is 1. The molecule has 1 saturated heterocycles. The minimum atomic E-state index is -3.61. The van der Waals surface area contributed by atoms with E-state index in [1.54, 1.807) is 4.90 Å². The lowest BCUT2D eigenvalue weighted by molar-refractivity contribution is 0.0573. The van der Waals surface area contributed by atoms with E-state index in [-0.39, 0.29) is 21.4 Å². The van der Waals surface area contributed by atoms with Crippen molar-refractivity contribution in [1.82, 2.24) is 14.5 Å². The van der Waals surface area contributed by atoms with Crippen molar-refractivity contribution in [3.63, 3.8) is 0 Å². The van der Waals surface area contributed by atoms with Crippen LogP contribution in [0.2, 0.25) is 5.02 Å². The molecule has 1 aromatic rings. The molecule has 1 aliphatic carbocycles. The van der Waals surface area contributed by atoms with Crippen LogP contribution in [0.1, 0.15) is 36.0 Å². The largest absolute Gasteiger partial charge is 0.336 e. The second-order valence-corrected chi connectivity index (χ2v) is 8.91. The third-order valence-electron chi connectivity index (χ3n) is 5.19. The molecule has 1 heterocycles. The standard InChI is InChI=1S/C17H24ClN3O3S/c1-19-25(23,24)14-6-7-16(18)15(12-14)17(22)21-10-8-20(9-11-21)13-4-2-3-5-13/h6-7,12-13,19H,2-5,8-11H2,1H3. The summed E-state index contributed by atoms with van der Waals surface area (Å²) in [5, 5.41) is 0.276. The van der Waals surface area contributed by atoms with Crippen molar-refractivity contribution in [2.24, 2.45) is 0 Å². The molecule has 1 aromatic carbocycles. The molecular weight excluding hydrogens is 362 g/mol. The molecule has 0 aromatic heterocycles. The number of benzene rings is 1. The Balaban J connectivity index is 1.72. The molecule has 1 amide bonds. The summed E-state index contributed by atoms with van der Waals surface area (Å²) in [4.78, 5) is 17.1. The van der Waals surface area contributed by atoms with Crippen LogP contribution in [0.25, 0.3) is 0 Å². The van der Waals surface area contributed by atoms with Crippen molar-refractivity contribution in [3.05, 3.63) is 28.8 Å². The van der Waals surface area contributed by atoms with Gasteiger partial charge >= 0.3 is 0 Å². The van der Waals surface area contributed by atoms with Crippen LogP contribution in [-0.2, 0) is 10.0 Å². The summed E-state index contributed by atoms with van der Waals surface area (Å²) in [6.07, 6.45) is 5.10. The van der Waals surface area contributed by atoms with Gasteiger partial charge in [-0.25, -0.2) is 13.1 Å². The first kappa shape index (κ1) is 18.6. The first-order valence-electron chi connectivity index (χ1n) is 8.69. The summed E-state index contributed by atoms with van der Waals surface area (Å²) < 4.78 is 26.2. The van der Waals surface area contributed by atoms with Gasteiger partial charge in [0.05, 0.1) is 15.5 Å². The van der Waals surface area contributed by atoms with Gasteiger partial charge in [0.15, 0.2) is 0 Å². The van der Waals surface area contributed by atoms with Gasteiger partial charge in [-0.15, -0.1) is 0 Å². The van der Waals surface area contributed by atoms with Crippen molar-refractivity contribution in [2.75, 3.05) is 33.2 Å². The lowest BCUT2D eigenvalue weighted by Crippen LogP contribution is -2.51. The number of piperazine rings is 1. The number of hydrogen-bond acceptors (Lipinski definition) is 4. The van der Waals surface area contributed by atoms with E-state index in [0.717, 1.165) is 13.1 Å². The Morgan fingerprint density at radius 1 is 1.16 bits per heavy atom. The van der Waals surface area contributed by atoms with Crippen molar-refractivity contribution in [3.8, 4) is 0 Å². The van der Waals surface area contributed by atoms with Gasteiger partial charge in [0.25, 0.3) is 5.91 Å². The Morgan fingerprint density at radius 3 is 2.40 bits per heavy atom. The number of hydrogen-bond donors (Lipinski definition) is 1. The summed E-state index contributed by atoms with van der Waals surface area (Å²) in [6.45, 7) is 3.02. The minimum Gasteiger partial charge on any atom is -0.336 e. The predicted octanol–water partition coefficient (Wildman–Crippen LogP) is 1.95. The number of nitrogens with zero attached hydrogens (tertiary/aromatic N) is 2. The Kier molecular flexibility index (Phi) is 5.68. The highest BCUT2D eigenvalue weighted by atomic mass is 35.5. The maximum Gasteiger partial charge on any atom is 0.255 e. The molecule has 0 spiro atoms. The third kappa shape index (κ3) is 4.00. The van der Waals surface area contributed by atoms with Crippen LogP contribution in [0.3, 0.4) is 0 Å². The normalized spacial score (nSPS) is 20.2. The lowest BCUT2D eigenvalue weighted by Gasteiger charge is -2.38. The smallest absolute Gasteiger partial charge is 0.255 e. The van der Waals surface area contributed by atoms with Gasteiger partial charge < -0.3 is 4.90 Å². The zero-order valence-electron chi connectivity index (χ0n) is 14.4. The maximum atomic E-state index is 12.8. The number of sulfonamides is 1. The van der Waals surface area contributed by atoms with Crippen molar-refractivity contribution in [1.29, 1.82) is 0 Å². The number of carbonyl (C=O) groups excluding carboxylic acids is 1. The fourth-order valence-corrected chi connectivity index (χ4v) is 4.64. The van der Waals surface area contributed by atoms with E-state index >= 15 is 0 Å². The quantitative estimate of drug-likeness (QED) is 0.860. The molecule has 0 bridgehead atoms. The molecule has 2 aliphatic rings. The van der Waals surface area contributed by atoms with E-state index in [0.29, 0.717) is 19.1 Å². The van der Waals surface area contributed by atoms with Crippen LogP contribution in [-0.4, -0.2) is 63.4 Å². The maximum absolute atomic E-state index is 12.8. The summed E-state index contributed by atoms with van der Waals surface area (Å²) in [5.41, 5.74) is 0.243. The van der Waals surface area contributed by atoms with Crippen LogP contribution >= 0.6 is 11.6 Å². The molecule has 0 radical (unpaired) electrons. The van der Waals surface area contributed by atoms with E-state index in [2.05, 4.69) is 9.62 Å². The van der Waals surface area contributed by atoms with Crippen LogP contribution in [0.15, 0.2) is 23.1 Å². The van der Waals surface area contributed by atoms with Crippen LogP contribution in [0, 0.1) is 0 Å². The fourth-order valence-electron chi connectivity index (χ4n) is 3.68. The average Bonchev–Trinajstić information content (AvgIpc) is 3.16. The highest BCUT2D eigenvalue weighted by Gasteiger charge is 2.29. The summed E-state index contributed by atoms with van der Waals surface area (Å²) in [6, 6.07) is 4.89. The summed E-state index contributed by atoms with van der Waals surface area (Å²) >= 11 is 6.16. The monoisotopic (exact) mass is 385 g/mol. The highest BCUT2D eigenvalue weighted by Crippen LogP contribution is 2.26. The van der Waals surface area contributed by atoms with Gasteiger partial charge in [0.2, 0.25) is 10.0 Å². The summed E-state index contributed by atoms with van der Waals surface area (Å²) in [7, 11) is -2.27. The topological polar surface area (TPSA) is 69.7 Å². The molecule has 1 saturated carbocycles. The molecule has 3 rings (SSSR count). The molecular formula is C17H24ClN3O3S. The van der Waals surface area contributed by atoms with E-state index in [1.807, 2.05) is 0 Å². The van der Waals surface area contributed by atoms with Gasteiger partial charge in [-0.3, -0.25) is 9.69 Å². The van der Waals surface area contributed by atoms with E-state index in [4.69, 9.17) is 11.6 Å². The molecule has 2 fully saturated rings. The van der Waals surface area contributed by atoms with Crippen molar-refractivity contribution >= 4 is 27.5 Å². The SMILES string of the molecule is CNS(=O)(=O)c1ccc(Cl)c(C(=O)N2CCN(C3CCCC3)CC2)c1. The van der Waals surface area contributed by atoms with Crippen molar-refractivity contribution < 1.29 is 13.2 Å². The third-order valence-corrected chi connectivity index (χ3v) is 6.93. The molecule has 0 atom stereocenters. The zero-order chi connectivity index (χ0) is 18.0. The Hall–Kier alpha value is -1.15. The molecule has 138 valence electrons.